The van der Waals surface area contributed by atoms with Crippen molar-refractivity contribution < 1.29 is 32.6 Å². The number of aromatic nitrogens is 1. The van der Waals surface area contributed by atoms with Gasteiger partial charge in [-0.05, 0) is 18.2 Å². The van der Waals surface area contributed by atoms with Crippen LogP contribution in [0.2, 0.25) is 0 Å². The van der Waals surface area contributed by atoms with E-state index in [0.717, 1.165) is 12.1 Å². The normalized spacial score (nSPS) is 18.3. The topological polar surface area (TPSA) is 79.7 Å². The van der Waals surface area contributed by atoms with Gasteiger partial charge in [0.05, 0.1) is 33.9 Å². The van der Waals surface area contributed by atoms with Crippen LogP contribution in [-0.4, -0.2) is 52.7 Å². The molecule has 1 aromatic heterocycles. The molecule has 1 fully saturated rings. The Hall–Kier alpha value is -2.20. The molecule has 1 aliphatic heterocycles. The number of alkyl halides is 3. The van der Waals surface area contributed by atoms with E-state index in [9.17, 15) is 22.8 Å². The first-order chi connectivity index (χ1) is 12.2. The number of rotatable bonds is 4. The van der Waals surface area contributed by atoms with Gasteiger partial charge in [0.1, 0.15) is 0 Å². The minimum absolute atomic E-state index is 0.0110. The number of nitrogens with zero attached hydrogens (tertiary/aromatic N) is 2. The number of hydrogen-bond donors (Lipinski definition) is 1. The highest BCUT2D eigenvalue weighted by atomic mass is 32.1. The summed E-state index contributed by atoms with van der Waals surface area (Å²) >= 11 is 1.24. The van der Waals surface area contributed by atoms with Gasteiger partial charge in [-0.1, -0.05) is 0 Å². The van der Waals surface area contributed by atoms with Crippen LogP contribution in [-0.2, 0) is 26.9 Å². The molecule has 1 N–H and O–H groups in total. The number of amides is 1. The van der Waals surface area contributed by atoms with Gasteiger partial charge >= 0.3 is 12.1 Å². The van der Waals surface area contributed by atoms with Crippen LogP contribution >= 0.6 is 11.3 Å². The summed E-state index contributed by atoms with van der Waals surface area (Å²) in [5.41, 5.74) is -0.504. The van der Waals surface area contributed by atoms with Crippen LogP contribution in [0, 0.1) is 0 Å². The summed E-state index contributed by atoms with van der Waals surface area (Å²) in [4.78, 5) is 28.8. The predicted octanol–water partition coefficient (Wildman–Crippen LogP) is 2.56. The Labute approximate surface area is 150 Å². The van der Waals surface area contributed by atoms with Gasteiger partial charge in [0, 0.05) is 19.4 Å². The molecule has 2 heterocycles. The first-order valence-corrected chi connectivity index (χ1v) is 8.64. The van der Waals surface area contributed by atoms with Crippen molar-refractivity contribution in [2.24, 2.45) is 0 Å². The van der Waals surface area contributed by atoms with Gasteiger partial charge in [0.2, 0.25) is 5.91 Å². The minimum Gasteiger partial charge on any atom is -0.479 e. The summed E-state index contributed by atoms with van der Waals surface area (Å²) < 4.78 is 43.9. The largest absolute Gasteiger partial charge is 0.479 e. The molecule has 3 rings (SSSR count). The lowest BCUT2D eigenvalue weighted by Crippen LogP contribution is -2.48. The van der Waals surface area contributed by atoms with Crippen molar-refractivity contribution in [2.75, 3.05) is 19.7 Å². The molecule has 1 aromatic carbocycles. The van der Waals surface area contributed by atoms with Crippen LogP contribution in [0.15, 0.2) is 18.2 Å². The number of fused-ring (bicyclic) bond motifs is 1. The average molecular weight is 388 g/mol. The van der Waals surface area contributed by atoms with Gasteiger partial charge in [-0.2, -0.15) is 13.2 Å². The highest BCUT2D eigenvalue weighted by Crippen LogP contribution is 2.33. The fourth-order valence-electron chi connectivity index (χ4n) is 2.66. The van der Waals surface area contributed by atoms with Crippen molar-refractivity contribution in [1.29, 1.82) is 0 Å². The quantitative estimate of drug-likeness (QED) is 0.871. The van der Waals surface area contributed by atoms with Gasteiger partial charge in [0.25, 0.3) is 0 Å². The summed E-state index contributed by atoms with van der Waals surface area (Å²) in [5, 5.41) is 9.52. The van der Waals surface area contributed by atoms with Gasteiger partial charge in [0.15, 0.2) is 6.10 Å². The number of benzene rings is 1. The summed E-state index contributed by atoms with van der Waals surface area (Å²) in [6.07, 6.45) is -5.06. The molecular weight excluding hydrogens is 373 g/mol. The number of carboxylic acid groups (broad SMARTS) is 1. The van der Waals surface area contributed by atoms with E-state index in [4.69, 9.17) is 9.84 Å². The second-order valence-corrected chi connectivity index (χ2v) is 6.94. The van der Waals surface area contributed by atoms with Crippen LogP contribution in [0.4, 0.5) is 13.2 Å². The number of halogens is 3. The van der Waals surface area contributed by atoms with E-state index in [2.05, 4.69) is 4.98 Å². The molecule has 0 spiro atoms. The molecule has 1 saturated heterocycles. The van der Waals surface area contributed by atoms with E-state index >= 15 is 0 Å². The third kappa shape index (κ3) is 4.13. The number of morpholine rings is 1. The molecule has 2 aromatic rings. The number of carbonyl (C=O) groups is 2. The highest BCUT2D eigenvalue weighted by Gasteiger charge is 2.31. The van der Waals surface area contributed by atoms with Crippen LogP contribution < -0.4 is 0 Å². The van der Waals surface area contributed by atoms with Crippen LogP contribution in [0.1, 0.15) is 17.0 Å². The SMILES string of the molecule is O=C(O)[C@H]1CN(C(=O)CCc2nc3cc(C(F)(F)F)ccc3s2)CCO1. The lowest BCUT2D eigenvalue weighted by molar-refractivity contribution is -0.159. The van der Waals surface area contributed by atoms with Gasteiger partial charge < -0.3 is 14.7 Å². The van der Waals surface area contributed by atoms with Crippen molar-refractivity contribution in [2.45, 2.75) is 25.1 Å². The second-order valence-electron chi connectivity index (χ2n) is 5.83. The number of aliphatic carboxylic acids is 1. The van der Waals surface area contributed by atoms with Crippen LogP contribution in [0.5, 0.6) is 0 Å². The number of carboxylic acids is 1. The first-order valence-electron chi connectivity index (χ1n) is 7.83. The highest BCUT2D eigenvalue weighted by molar-refractivity contribution is 7.18. The van der Waals surface area contributed by atoms with E-state index in [1.54, 1.807) is 0 Å². The average Bonchev–Trinajstić information content (AvgIpc) is 3.01. The van der Waals surface area contributed by atoms with Gasteiger partial charge in [-0.15, -0.1) is 11.3 Å². The summed E-state index contributed by atoms with van der Waals surface area (Å²) in [6.45, 7) is 0.463. The van der Waals surface area contributed by atoms with Crippen molar-refractivity contribution >= 4 is 33.4 Å². The Balaban J connectivity index is 1.64. The molecule has 1 amide bonds. The Kier molecular flexibility index (Phi) is 5.15. The smallest absolute Gasteiger partial charge is 0.416 e. The monoisotopic (exact) mass is 388 g/mol. The molecule has 0 radical (unpaired) electrons. The standard InChI is InChI=1S/C16H15F3N2O4S/c17-16(18,19)9-1-2-12-10(7-9)20-13(26-12)3-4-14(22)21-5-6-25-11(8-21)15(23)24/h1-2,7,11H,3-6,8H2,(H,23,24)/t11-/m1/s1. The minimum atomic E-state index is -4.43. The number of aryl methyl sites for hydroxylation is 1. The maximum Gasteiger partial charge on any atom is 0.416 e. The molecule has 10 heteroatoms. The second kappa shape index (κ2) is 7.20. The zero-order chi connectivity index (χ0) is 18.9. The summed E-state index contributed by atoms with van der Waals surface area (Å²) in [7, 11) is 0. The van der Waals surface area contributed by atoms with E-state index in [0.29, 0.717) is 16.3 Å². The molecule has 26 heavy (non-hydrogen) atoms. The third-order valence-electron chi connectivity index (χ3n) is 4.01. The predicted molar refractivity (Wildman–Crippen MR) is 86.9 cm³/mol. The molecular formula is C16H15F3N2O4S. The van der Waals surface area contributed by atoms with Crippen molar-refractivity contribution in [3.8, 4) is 0 Å². The molecule has 0 saturated carbocycles. The zero-order valence-electron chi connectivity index (χ0n) is 13.5. The van der Waals surface area contributed by atoms with Gasteiger partial charge in [-0.25, -0.2) is 9.78 Å². The van der Waals surface area contributed by atoms with Gasteiger partial charge in [-0.3, -0.25) is 4.79 Å². The molecule has 1 atom stereocenters. The summed E-state index contributed by atoms with van der Waals surface area (Å²) in [5.74, 6) is -1.34. The number of hydrogen-bond acceptors (Lipinski definition) is 5. The third-order valence-corrected chi connectivity index (χ3v) is 5.10. The fraction of sp³-hybridized carbons (Fsp3) is 0.438. The lowest BCUT2D eigenvalue weighted by atomic mass is 10.2. The Bertz CT molecular complexity index is 836. The zero-order valence-corrected chi connectivity index (χ0v) is 14.3. The lowest BCUT2D eigenvalue weighted by Gasteiger charge is -2.30. The Morgan fingerprint density at radius 1 is 1.38 bits per heavy atom. The number of carbonyl (C=O) groups excluding carboxylic acids is 1. The molecule has 6 nitrogen and oxygen atoms in total. The van der Waals surface area contributed by atoms with E-state index < -0.39 is 23.8 Å². The number of thiazole rings is 1. The first kappa shape index (κ1) is 18.6. The molecule has 0 unspecified atom stereocenters. The maximum atomic E-state index is 12.7. The van der Waals surface area contributed by atoms with Crippen LogP contribution in [0.3, 0.4) is 0 Å². The molecule has 1 aliphatic rings. The van der Waals surface area contributed by atoms with Crippen molar-refractivity contribution in [1.82, 2.24) is 9.88 Å². The molecule has 140 valence electrons. The van der Waals surface area contributed by atoms with Crippen molar-refractivity contribution in [3.05, 3.63) is 28.8 Å². The van der Waals surface area contributed by atoms with E-state index in [-0.39, 0.29) is 37.4 Å². The summed E-state index contributed by atoms with van der Waals surface area (Å²) in [6, 6.07) is 3.38. The van der Waals surface area contributed by atoms with E-state index in [1.165, 1.54) is 22.3 Å². The fourth-order valence-corrected chi connectivity index (χ4v) is 3.60. The van der Waals surface area contributed by atoms with E-state index in [1.807, 2.05) is 0 Å². The van der Waals surface area contributed by atoms with Crippen molar-refractivity contribution in [3.63, 3.8) is 0 Å². The molecule has 0 bridgehead atoms. The number of ether oxygens (including phenoxy) is 1. The maximum absolute atomic E-state index is 12.7. The molecule has 0 aliphatic carbocycles. The van der Waals surface area contributed by atoms with Crippen LogP contribution in [0.25, 0.3) is 10.2 Å². The Morgan fingerprint density at radius 2 is 2.15 bits per heavy atom. The Morgan fingerprint density at radius 3 is 2.85 bits per heavy atom.